The lowest BCUT2D eigenvalue weighted by atomic mass is 10.1. The van der Waals surface area contributed by atoms with Crippen LogP contribution in [0.25, 0.3) is 0 Å². The van der Waals surface area contributed by atoms with Crippen molar-refractivity contribution in [2.24, 2.45) is 0 Å². The average molecular weight is 697 g/mol. The van der Waals surface area contributed by atoms with Crippen molar-refractivity contribution in [3.8, 4) is 0 Å². The SMILES string of the molecule is CCCCCCCC(=O)O.CCCCCCCC(=O)O.CCCCCCCC(=O)O.CCCCCCCCCC(=O)O.OCC(O)CO. The van der Waals surface area contributed by atoms with Crippen molar-refractivity contribution in [2.75, 3.05) is 13.2 Å². The zero-order valence-corrected chi connectivity index (χ0v) is 31.1. The van der Waals surface area contributed by atoms with Crippen LogP contribution in [0.5, 0.6) is 0 Å². The Labute approximate surface area is 292 Å². The first-order valence-corrected chi connectivity index (χ1v) is 18.7. The summed E-state index contributed by atoms with van der Waals surface area (Å²) in [5, 5.41) is 57.2. The van der Waals surface area contributed by atoms with Gasteiger partial charge in [-0.3, -0.25) is 19.2 Å². The van der Waals surface area contributed by atoms with Gasteiger partial charge in [0, 0.05) is 25.7 Å². The molecule has 0 atom stereocenters. The molecule has 0 rings (SSSR count). The fourth-order valence-corrected chi connectivity index (χ4v) is 3.93. The first-order valence-electron chi connectivity index (χ1n) is 18.7. The summed E-state index contributed by atoms with van der Waals surface area (Å²) in [7, 11) is 0. The van der Waals surface area contributed by atoms with E-state index in [4.69, 9.17) is 35.7 Å². The highest BCUT2D eigenvalue weighted by Gasteiger charge is 1.97. The molecule has 0 heterocycles. The summed E-state index contributed by atoms with van der Waals surface area (Å²) in [4.78, 5) is 40.2. The van der Waals surface area contributed by atoms with E-state index in [1.807, 2.05) is 0 Å². The standard InChI is InChI=1S/C10H20O2.3C8H16O2.C3H8O3/c1-2-3-4-5-6-7-8-9-10(11)12;3*1-2-3-4-5-6-7-8(9)10;4-1-3(6)2-5/h2-9H2,1H3,(H,11,12);3*2-7H2,1H3,(H,9,10);3-6H,1-2H2. The number of carboxylic acids is 4. The van der Waals surface area contributed by atoms with Gasteiger partial charge in [0.05, 0.1) is 13.2 Å². The van der Waals surface area contributed by atoms with Crippen molar-refractivity contribution in [1.82, 2.24) is 0 Å². The van der Waals surface area contributed by atoms with Crippen LogP contribution >= 0.6 is 0 Å². The summed E-state index contributed by atoms with van der Waals surface area (Å²) < 4.78 is 0. The van der Waals surface area contributed by atoms with Gasteiger partial charge in [-0.05, 0) is 25.7 Å². The lowest BCUT2D eigenvalue weighted by Gasteiger charge is -1.98. The molecule has 0 spiro atoms. The maximum atomic E-state index is 10.1. The second kappa shape index (κ2) is 51.6. The second-order valence-electron chi connectivity index (χ2n) is 12.0. The normalized spacial score (nSPS) is 9.83. The molecule has 0 aromatic heterocycles. The Morgan fingerprint density at radius 3 is 0.646 bits per heavy atom. The van der Waals surface area contributed by atoms with Crippen LogP contribution in [0, 0.1) is 0 Å². The average Bonchev–Trinajstić information content (AvgIpc) is 3.04. The number of carboxylic acid groups (broad SMARTS) is 4. The van der Waals surface area contributed by atoms with Crippen LogP contribution < -0.4 is 0 Å². The molecular formula is C37H76O11. The summed E-state index contributed by atoms with van der Waals surface area (Å²) >= 11 is 0. The van der Waals surface area contributed by atoms with Crippen molar-refractivity contribution >= 4 is 23.9 Å². The molecule has 0 bridgehead atoms. The molecule has 0 saturated heterocycles. The van der Waals surface area contributed by atoms with E-state index in [1.165, 1.54) is 89.9 Å². The van der Waals surface area contributed by atoms with Gasteiger partial charge in [-0.1, -0.05) is 143 Å². The van der Waals surface area contributed by atoms with Gasteiger partial charge in [-0.2, -0.15) is 0 Å². The highest BCUT2D eigenvalue weighted by atomic mass is 16.4. The zero-order valence-electron chi connectivity index (χ0n) is 31.1. The van der Waals surface area contributed by atoms with Crippen LogP contribution in [0.1, 0.15) is 195 Å². The molecule has 0 aromatic rings. The fourth-order valence-electron chi connectivity index (χ4n) is 3.93. The number of carbonyl (C=O) groups is 4. The van der Waals surface area contributed by atoms with Gasteiger partial charge in [0.25, 0.3) is 0 Å². The van der Waals surface area contributed by atoms with Gasteiger partial charge in [-0.15, -0.1) is 0 Å². The first kappa shape index (κ1) is 55.2. The van der Waals surface area contributed by atoms with E-state index >= 15 is 0 Å². The molecular weight excluding hydrogens is 620 g/mol. The number of aliphatic hydroxyl groups excluding tert-OH is 3. The second-order valence-corrected chi connectivity index (χ2v) is 12.0. The Kier molecular flexibility index (Phi) is 59.3. The molecule has 11 heteroatoms. The molecule has 0 unspecified atom stereocenters. The van der Waals surface area contributed by atoms with E-state index < -0.39 is 30.0 Å². The Balaban J connectivity index is -0.000000163. The first-order chi connectivity index (χ1) is 22.9. The molecule has 0 aliphatic heterocycles. The van der Waals surface area contributed by atoms with Gasteiger partial charge in [0.2, 0.25) is 0 Å². The minimum absolute atomic E-state index is 0.337. The summed E-state index contributed by atoms with van der Waals surface area (Å²) in [5.41, 5.74) is 0. The molecule has 0 radical (unpaired) electrons. The smallest absolute Gasteiger partial charge is 0.303 e. The van der Waals surface area contributed by atoms with E-state index in [9.17, 15) is 19.2 Å². The lowest BCUT2D eigenvalue weighted by Crippen LogP contribution is -2.15. The molecule has 290 valence electrons. The maximum absolute atomic E-state index is 10.1. The van der Waals surface area contributed by atoms with E-state index in [-0.39, 0.29) is 13.2 Å². The number of aliphatic hydroxyl groups is 3. The predicted octanol–water partition coefficient (Wildman–Crippen LogP) is 8.84. The number of hydrogen-bond donors (Lipinski definition) is 7. The predicted molar refractivity (Wildman–Crippen MR) is 193 cm³/mol. The Hall–Kier alpha value is -2.24. The highest BCUT2D eigenvalue weighted by Crippen LogP contribution is 2.08. The number of unbranched alkanes of at least 4 members (excludes halogenated alkanes) is 18. The molecule has 0 aliphatic rings. The van der Waals surface area contributed by atoms with Crippen LogP contribution in [0.2, 0.25) is 0 Å². The van der Waals surface area contributed by atoms with E-state index in [2.05, 4.69) is 27.7 Å². The van der Waals surface area contributed by atoms with Crippen molar-refractivity contribution < 1.29 is 54.9 Å². The minimum Gasteiger partial charge on any atom is -0.481 e. The van der Waals surface area contributed by atoms with Crippen molar-refractivity contribution in [1.29, 1.82) is 0 Å². The summed E-state index contributed by atoms with van der Waals surface area (Å²) in [6.07, 6.45) is 25.3. The summed E-state index contributed by atoms with van der Waals surface area (Å²) in [5.74, 6) is -2.67. The van der Waals surface area contributed by atoms with E-state index in [0.29, 0.717) is 25.7 Å². The Bertz CT molecular complexity index is 596. The van der Waals surface area contributed by atoms with Crippen LogP contribution in [0.15, 0.2) is 0 Å². The van der Waals surface area contributed by atoms with Crippen molar-refractivity contribution in [3.05, 3.63) is 0 Å². The Morgan fingerprint density at radius 2 is 0.521 bits per heavy atom. The molecule has 0 amide bonds. The summed E-state index contributed by atoms with van der Waals surface area (Å²) in [6.45, 7) is 7.92. The summed E-state index contributed by atoms with van der Waals surface area (Å²) in [6, 6.07) is 0. The molecule has 0 fully saturated rings. The van der Waals surface area contributed by atoms with Gasteiger partial charge >= 0.3 is 23.9 Å². The van der Waals surface area contributed by atoms with Crippen LogP contribution in [0.4, 0.5) is 0 Å². The third kappa shape index (κ3) is 79.3. The highest BCUT2D eigenvalue weighted by molar-refractivity contribution is 5.67. The third-order valence-corrected chi connectivity index (χ3v) is 6.90. The number of hydrogen-bond acceptors (Lipinski definition) is 7. The zero-order chi connectivity index (χ0) is 37.7. The van der Waals surface area contributed by atoms with Gasteiger partial charge in [0.1, 0.15) is 6.10 Å². The molecule has 0 saturated carbocycles. The largest absolute Gasteiger partial charge is 0.481 e. The lowest BCUT2D eigenvalue weighted by molar-refractivity contribution is -0.138. The molecule has 0 aromatic carbocycles. The number of rotatable bonds is 28. The van der Waals surface area contributed by atoms with Gasteiger partial charge in [0.15, 0.2) is 0 Å². The maximum Gasteiger partial charge on any atom is 0.303 e. The topological polar surface area (TPSA) is 210 Å². The molecule has 0 aliphatic carbocycles. The molecule has 7 N–H and O–H groups in total. The van der Waals surface area contributed by atoms with Crippen molar-refractivity contribution in [2.45, 2.75) is 201 Å². The quantitative estimate of drug-likeness (QED) is 0.0384. The van der Waals surface area contributed by atoms with Crippen LogP contribution in [-0.4, -0.2) is 78.9 Å². The Morgan fingerprint density at radius 1 is 0.354 bits per heavy atom. The van der Waals surface area contributed by atoms with Crippen molar-refractivity contribution in [3.63, 3.8) is 0 Å². The molecule has 11 nitrogen and oxygen atoms in total. The van der Waals surface area contributed by atoms with E-state index in [1.54, 1.807) is 0 Å². The van der Waals surface area contributed by atoms with Gasteiger partial charge < -0.3 is 35.7 Å². The van der Waals surface area contributed by atoms with Crippen LogP contribution in [-0.2, 0) is 19.2 Å². The third-order valence-electron chi connectivity index (χ3n) is 6.90. The van der Waals surface area contributed by atoms with E-state index in [0.717, 1.165) is 51.4 Å². The monoisotopic (exact) mass is 697 g/mol. The fraction of sp³-hybridized carbons (Fsp3) is 0.892. The molecule has 48 heavy (non-hydrogen) atoms. The van der Waals surface area contributed by atoms with Gasteiger partial charge in [-0.25, -0.2) is 0 Å². The number of aliphatic carboxylic acids is 4. The minimum atomic E-state index is -0.954. The van der Waals surface area contributed by atoms with Crippen LogP contribution in [0.3, 0.4) is 0 Å².